The molecule has 2 aliphatic rings. The summed E-state index contributed by atoms with van der Waals surface area (Å²) in [6.45, 7) is 5.41. The summed E-state index contributed by atoms with van der Waals surface area (Å²) in [7, 11) is 0. The van der Waals surface area contributed by atoms with Gasteiger partial charge in [-0.1, -0.05) is 0 Å². The molecule has 3 atom stereocenters. The van der Waals surface area contributed by atoms with E-state index in [1.165, 1.54) is 17.3 Å². The number of rotatable bonds is 4. The van der Waals surface area contributed by atoms with Crippen LogP contribution < -0.4 is 5.32 Å². The Morgan fingerprint density at radius 2 is 1.91 bits per heavy atom. The topological polar surface area (TPSA) is 97.3 Å². The van der Waals surface area contributed by atoms with Gasteiger partial charge >= 0.3 is 12.3 Å². The molecule has 11 heteroatoms. The van der Waals surface area contributed by atoms with Crippen LogP contribution in [0.5, 0.6) is 0 Å². The number of nitrogens with zero attached hydrogens (tertiary/aromatic N) is 4. The van der Waals surface area contributed by atoms with Crippen LogP contribution in [0, 0.1) is 5.92 Å². The van der Waals surface area contributed by atoms with Crippen molar-refractivity contribution in [2.75, 3.05) is 0 Å². The number of amides is 2. The van der Waals surface area contributed by atoms with Crippen LogP contribution in [0.1, 0.15) is 45.0 Å². The fraction of sp³-hybridized carbons (Fsp3) is 0.500. The number of aromatic nitrogens is 3. The highest BCUT2D eigenvalue weighted by atomic mass is 19.4. The number of carbonyl (C=O) groups excluding carboxylic acids is 2. The Morgan fingerprint density at radius 1 is 1.15 bits per heavy atom. The minimum atomic E-state index is -4.52. The zero-order valence-electron chi connectivity index (χ0n) is 18.4. The van der Waals surface area contributed by atoms with Gasteiger partial charge in [0, 0.05) is 17.8 Å². The van der Waals surface area contributed by atoms with Crippen LogP contribution in [0.25, 0.3) is 11.3 Å². The number of carbonyl (C=O) groups is 2. The van der Waals surface area contributed by atoms with E-state index in [2.05, 4.69) is 20.3 Å². The zero-order valence-corrected chi connectivity index (χ0v) is 18.4. The van der Waals surface area contributed by atoms with Crippen molar-refractivity contribution in [3.8, 4) is 11.3 Å². The fourth-order valence-electron chi connectivity index (χ4n) is 3.93. The van der Waals surface area contributed by atoms with Crippen molar-refractivity contribution in [1.82, 2.24) is 25.2 Å². The van der Waals surface area contributed by atoms with E-state index in [0.717, 1.165) is 18.7 Å². The number of hydrogen-bond donors (Lipinski definition) is 1. The Bertz CT molecular complexity index is 1050. The third-order valence-corrected chi connectivity index (χ3v) is 5.53. The summed E-state index contributed by atoms with van der Waals surface area (Å²) in [5.41, 5.74) is -0.398. The number of pyridine rings is 1. The molecule has 4 rings (SSSR count). The maximum Gasteiger partial charge on any atom is 0.433 e. The second kappa shape index (κ2) is 8.27. The zero-order chi connectivity index (χ0) is 24.0. The summed E-state index contributed by atoms with van der Waals surface area (Å²) in [4.78, 5) is 38.6. The second-order valence-electron chi connectivity index (χ2n) is 9.24. The molecular weight excluding hydrogens is 439 g/mol. The van der Waals surface area contributed by atoms with Crippen LogP contribution in [0.2, 0.25) is 0 Å². The van der Waals surface area contributed by atoms with Crippen molar-refractivity contribution >= 4 is 12.0 Å². The van der Waals surface area contributed by atoms with E-state index in [1.54, 1.807) is 26.8 Å². The molecule has 3 heterocycles. The second-order valence-corrected chi connectivity index (χ2v) is 9.24. The smallest absolute Gasteiger partial charge is 0.433 e. The molecule has 1 N–H and O–H groups in total. The van der Waals surface area contributed by atoms with Gasteiger partial charge in [0.2, 0.25) is 5.91 Å². The molecule has 2 aromatic heterocycles. The van der Waals surface area contributed by atoms with Crippen LogP contribution in [0.15, 0.2) is 30.7 Å². The maximum absolute atomic E-state index is 12.8. The van der Waals surface area contributed by atoms with Gasteiger partial charge < -0.3 is 10.1 Å². The predicted molar refractivity (Wildman–Crippen MR) is 110 cm³/mol. The Balaban J connectivity index is 1.40. The van der Waals surface area contributed by atoms with E-state index < -0.39 is 29.6 Å². The molecular formula is C22H24F3N5O3. The molecule has 1 saturated carbocycles. The van der Waals surface area contributed by atoms with E-state index >= 15 is 0 Å². The first kappa shape index (κ1) is 22.9. The molecule has 8 nitrogen and oxygen atoms in total. The van der Waals surface area contributed by atoms with Crippen molar-refractivity contribution in [3.63, 3.8) is 0 Å². The summed E-state index contributed by atoms with van der Waals surface area (Å²) < 4.78 is 43.6. The highest BCUT2D eigenvalue weighted by molar-refractivity contribution is 5.87. The number of likely N-dealkylation sites (tertiary alicyclic amines) is 1. The van der Waals surface area contributed by atoms with Crippen molar-refractivity contribution in [2.45, 2.75) is 64.0 Å². The molecule has 2 amide bonds. The van der Waals surface area contributed by atoms with Crippen LogP contribution in [0.3, 0.4) is 0 Å². The number of piperidine rings is 1. The Hall–Kier alpha value is -3.24. The summed E-state index contributed by atoms with van der Waals surface area (Å²) in [6.07, 6.45) is -1.19. The number of hydrogen-bond acceptors (Lipinski definition) is 6. The van der Waals surface area contributed by atoms with Gasteiger partial charge in [-0.25, -0.2) is 14.8 Å². The van der Waals surface area contributed by atoms with Gasteiger partial charge in [0.05, 0.1) is 17.9 Å². The Kier molecular flexibility index (Phi) is 5.75. The lowest BCUT2D eigenvalue weighted by Crippen LogP contribution is -2.49. The summed E-state index contributed by atoms with van der Waals surface area (Å²) in [6, 6.07) is 3.17. The number of halogens is 3. The van der Waals surface area contributed by atoms with Gasteiger partial charge in [-0.3, -0.25) is 14.7 Å². The quantitative estimate of drug-likeness (QED) is 0.745. The molecule has 33 heavy (non-hydrogen) atoms. The molecule has 176 valence electrons. The van der Waals surface area contributed by atoms with E-state index in [1.807, 2.05) is 0 Å². The Labute approximate surface area is 188 Å². The molecule has 0 radical (unpaired) electrons. The largest absolute Gasteiger partial charge is 0.444 e. The highest BCUT2D eigenvalue weighted by Gasteiger charge is 2.57. The molecule has 0 aromatic carbocycles. The van der Waals surface area contributed by atoms with Gasteiger partial charge in [0.1, 0.15) is 23.7 Å². The van der Waals surface area contributed by atoms with Gasteiger partial charge in [-0.2, -0.15) is 13.2 Å². The number of nitrogens with one attached hydrogen (secondary N) is 1. The minimum Gasteiger partial charge on any atom is -0.444 e. The van der Waals surface area contributed by atoms with E-state index in [0.29, 0.717) is 29.3 Å². The summed E-state index contributed by atoms with van der Waals surface area (Å²) in [5.74, 6) is 0.00973. The average molecular weight is 463 g/mol. The van der Waals surface area contributed by atoms with Gasteiger partial charge in [0.25, 0.3) is 0 Å². The monoisotopic (exact) mass is 463 g/mol. The molecule has 2 fully saturated rings. The van der Waals surface area contributed by atoms with Crippen LogP contribution in [0.4, 0.5) is 18.0 Å². The molecule has 2 unspecified atom stereocenters. The first-order valence-corrected chi connectivity index (χ1v) is 10.6. The average Bonchev–Trinajstić information content (AvgIpc) is 3.39. The third-order valence-electron chi connectivity index (χ3n) is 5.53. The minimum absolute atomic E-state index is 0.0356. The lowest BCUT2D eigenvalue weighted by atomic mass is 10.1. The van der Waals surface area contributed by atoms with Crippen molar-refractivity contribution < 1.29 is 27.5 Å². The molecule has 1 saturated heterocycles. The normalized spacial score (nSPS) is 22.0. The van der Waals surface area contributed by atoms with Crippen molar-refractivity contribution in [1.29, 1.82) is 0 Å². The SMILES string of the molecule is CC(C)(C)OC(=O)N1C2CC2C[C@H]1C(=O)NCc1cc(-c2ccc(C(F)(F)F)nc2)ncn1. The number of ether oxygens (including phenoxy) is 1. The van der Waals surface area contributed by atoms with Crippen LogP contribution in [-0.2, 0) is 22.3 Å². The standard InChI is InChI=1S/C22H24F3N5O3/c1-21(2,3)33-20(32)30-16-6-13(16)7-17(30)19(31)27-10-14-8-15(29-11-28-14)12-4-5-18(26-9-12)22(23,24)25/h4-5,8-9,11,13,16-17H,6-7,10H2,1-3H3,(H,27,31)/t13?,16?,17-/m0/s1. The van der Waals surface area contributed by atoms with Crippen molar-refractivity contribution in [2.24, 2.45) is 5.92 Å². The van der Waals surface area contributed by atoms with Crippen LogP contribution in [-0.4, -0.2) is 49.5 Å². The lowest BCUT2D eigenvalue weighted by molar-refractivity contribution is -0.141. The fourth-order valence-corrected chi connectivity index (χ4v) is 3.93. The first-order valence-electron chi connectivity index (χ1n) is 10.6. The van der Waals surface area contributed by atoms with Crippen molar-refractivity contribution in [3.05, 3.63) is 42.1 Å². The van der Waals surface area contributed by atoms with Gasteiger partial charge in [-0.15, -0.1) is 0 Å². The predicted octanol–water partition coefficient (Wildman–Crippen LogP) is 3.57. The number of alkyl halides is 3. The molecule has 0 spiro atoms. The van der Waals surface area contributed by atoms with Gasteiger partial charge in [0.15, 0.2) is 0 Å². The summed E-state index contributed by atoms with van der Waals surface area (Å²) in [5, 5.41) is 2.79. The molecule has 1 aliphatic carbocycles. The third kappa shape index (κ3) is 5.23. The van der Waals surface area contributed by atoms with E-state index in [9.17, 15) is 22.8 Å². The van der Waals surface area contributed by atoms with Crippen LogP contribution >= 0.6 is 0 Å². The number of fused-ring (bicyclic) bond motifs is 1. The highest BCUT2D eigenvalue weighted by Crippen LogP contribution is 2.48. The maximum atomic E-state index is 12.8. The Morgan fingerprint density at radius 3 is 2.55 bits per heavy atom. The van der Waals surface area contributed by atoms with E-state index in [4.69, 9.17) is 4.74 Å². The first-order chi connectivity index (χ1) is 15.4. The molecule has 0 bridgehead atoms. The molecule has 1 aliphatic heterocycles. The van der Waals surface area contributed by atoms with Gasteiger partial charge in [-0.05, 0) is 57.7 Å². The summed E-state index contributed by atoms with van der Waals surface area (Å²) >= 11 is 0. The molecule has 2 aromatic rings. The van der Waals surface area contributed by atoms with E-state index in [-0.39, 0.29) is 18.5 Å². The lowest BCUT2D eigenvalue weighted by Gasteiger charge is -2.29.